The topological polar surface area (TPSA) is 42.7 Å². The van der Waals surface area contributed by atoms with E-state index in [2.05, 4.69) is 34.8 Å². The smallest absolute Gasteiger partial charge is 0.159 e. The fourth-order valence-corrected chi connectivity index (χ4v) is 2.92. The molecule has 1 fully saturated rings. The van der Waals surface area contributed by atoms with Crippen molar-refractivity contribution in [2.75, 3.05) is 13.1 Å². The van der Waals surface area contributed by atoms with Crippen LogP contribution < -0.4 is 5.32 Å². The monoisotopic (exact) mass is 258 g/mol. The number of nitrogens with one attached hydrogen (secondary N) is 1. The minimum absolute atomic E-state index is 0.441. The molecule has 1 aliphatic rings. The van der Waals surface area contributed by atoms with E-state index in [1.807, 2.05) is 12.3 Å². The maximum Gasteiger partial charge on any atom is 0.159 e. The van der Waals surface area contributed by atoms with Crippen molar-refractivity contribution in [1.82, 2.24) is 19.9 Å². The molecule has 19 heavy (non-hydrogen) atoms. The Bertz CT molecular complexity index is 552. The van der Waals surface area contributed by atoms with Gasteiger partial charge in [0.15, 0.2) is 5.65 Å². The third kappa shape index (κ3) is 2.50. The molecule has 1 aliphatic heterocycles. The zero-order valence-corrected chi connectivity index (χ0v) is 11.8. The summed E-state index contributed by atoms with van der Waals surface area (Å²) >= 11 is 0. The van der Waals surface area contributed by atoms with Gasteiger partial charge < -0.3 is 9.88 Å². The Balaban J connectivity index is 1.97. The molecule has 0 atom stereocenters. The molecular weight excluding hydrogens is 236 g/mol. The van der Waals surface area contributed by atoms with Gasteiger partial charge in [0.2, 0.25) is 0 Å². The van der Waals surface area contributed by atoms with Gasteiger partial charge in [-0.25, -0.2) is 9.97 Å². The van der Waals surface area contributed by atoms with Crippen molar-refractivity contribution >= 4 is 11.2 Å². The quantitative estimate of drug-likeness (QED) is 0.920. The van der Waals surface area contributed by atoms with Gasteiger partial charge in [0, 0.05) is 18.7 Å². The summed E-state index contributed by atoms with van der Waals surface area (Å²) in [5.74, 6) is 2.36. The van der Waals surface area contributed by atoms with Gasteiger partial charge in [-0.2, -0.15) is 0 Å². The molecule has 4 nitrogen and oxygen atoms in total. The number of fused-ring (bicyclic) bond motifs is 1. The molecule has 3 heterocycles. The van der Waals surface area contributed by atoms with Crippen LogP contribution in [0.4, 0.5) is 0 Å². The van der Waals surface area contributed by atoms with Crippen LogP contribution in [0.2, 0.25) is 0 Å². The minimum atomic E-state index is 0.441. The summed E-state index contributed by atoms with van der Waals surface area (Å²) in [6.45, 7) is 7.76. The van der Waals surface area contributed by atoms with Gasteiger partial charge >= 0.3 is 0 Å². The SMILES string of the molecule is CC(C)c1nc2cccnc2n1CC1CCNCC1. The van der Waals surface area contributed by atoms with E-state index in [1.165, 1.54) is 18.7 Å². The molecule has 0 amide bonds. The molecule has 0 spiro atoms. The lowest BCUT2D eigenvalue weighted by Crippen LogP contribution is -2.30. The lowest BCUT2D eigenvalue weighted by atomic mass is 9.98. The van der Waals surface area contributed by atoms with Crippen LogP contribution in [-0.4, -0.2) is 27.6 Å². The van der Waals surface area contributed by atoms with Crippen LogP contribution >= 0.6 is 0 Å². The molecule has 3 rings (SSSR count). The fourth-order valence-electron chi connectivity index (χ4n) is 2.92. The summed E-state index contributed by atoms with van der Waals surface area (Å²) in [6, 6.07) is 4.03. The van der Waals surface area contributed by atoms with E-state index in [4.69, 9.17) is 4.98 Å². The van der Waals surface area contributed by atoms with Crippen LogP contribution in [0.25, 0.3) is 11.2 Å². The zero-order valence-electron chi connectivity index (χ0n) is 11.8. The van der Waals surface area contributed by atoms with Crippen LogP contribution in [0.1, 0.15) is 38.4 Å². The first kappa shape index (κ1) is 12.6. The van der Waals surface area contributed by atoms with Crippen molar-refractivity contribution in [2.45, 2.75) is 39.2 Å². The van der Waals surface area contributed by atoms with Crippen molar-refractivity contribution in [1.29, 1.82) is 0 Å². The molecule has 0 radical (unpaired) electrons. The van der Waals surface area contributed by atoms with E-state index < -0.39 is 0 Å². The first-order valence-corrected chi connectivity index (χ1v) is 7.27. The van der Waals surface area contributed by atoms with Crippen molar-refractivity contribution in [3.63, 3.8) is 0 Å². The molecule has 1 N–H and O–H groups in total. The molecule has 0 saturated carbocycles. The Morgan fingerprint density at radius 2 is 2.16 bits per heavy atom. The predicted octanol–water partition coefficient (Wildman–Crippen LogP) is 2.55. The standard InChI is InChI=1S/C15H22N4/c1-11(2)14-18-13-4-3-7-17-15(13)19(14)10-12-5-8-16-9-6-12/h3-4,7,11-12,16H,5-6,8-10H2,1-2H3. The Kier molecular flexibility index (Phi) is 3.51. The fraction of sp³-hybridized carbons (Fsp3) is 0.600. The van der Waals surface area contributed by atoms with Crippen molar-refractivity contribution in [3.8, 4) is 0 Å². The molecule has 2 aromatic rings. The number of hydrogen-bond donors (Lipinski definition) is 1. The van der Waals surface area contributed by atoms with Gasteiger partial charge in [-0.3, -0.25) is 0 Å². The number of nitrogens with zero attached hydrogens (tertiary/aromatic N) is 3. The zero-order chi connectivity index (χ0) is 13.2. The first-order valence-electron chi connectivity index (χ1n) is 7.27. The average Bonchev–Trinajstić information content (AvgIpc) is 2.79. The molecule has 1 saturated heterocycles. The van der Waals surface area contributed by atoms with E-state index in [-0.39, 0.29) is 0 Å². The molecular formula is C15H22N4. The number of rotatable bonds is 3. The second-order valence-corrected chi connectivity index (χ2v) is 5.77. The van der Waals surface area contributed by atoms with Crippen LogP contribution in [0, 0.1) is 5.92 Å². The maximum absolute atomic E-state index is 4.76. The number of piperidine rings is 1. The van der Waals surface area contributed by atoms with E-state index in [0.717, 1.165) is 36.7 Å². The summed E-state index contributed by atoms with van der Waals surface area (Å²) in [6.07, 6.45) is 4.38. The Labute approximate surface area is 114 Å². The van der Waals surface area contributed by atoms with Gasteiger partial charge in [-0.15, -0.1) is 0 Å². The molecule has 0 aromatic carbocycles. The number of imidazole rings is 1. The first-order chi connectivity index (χ1) is 9.25. The highest BCUT2D eigenvalue weighted by atomic mass is 15.1. The Hall–Kier alpha value is -1.42. The van der Waals surface area contributed by atoms with Crippen LogP contribution in [0.5, 0.6) is 0 Å². The summed E-state index contributed by atoms with van der Waals surface area (Å²) in [7, 11) is 0. The Morgan fingerprint density at radius 1 is 1.37 bits per heavy atom. The van der Waals surface area contributed by atoms with Crippen molar-refractivity contribution in [3.05, 3.63) is 24.2 Å². The van der Waals surface area contributed by atoms with Crippen molar-refractivity contribution in [2.24, 2.45) is 5.92 Å². The summed E-state index contributed by atoms with van der Waals surface area (Å²) in [4.78, 5) is 9.30. The van der Waals surface area contributed by atoms with Crippen LogP contribution in [-0.2, 0) is 6.54 Å². The molecule has 0 bridgehead atoms. The predicted molar refractivity (Wildman–Crippen MR) is 77.2 cm³/mol. The lowest BCUT2D eigenvalue weighted by Gasteiger charge is -2.24. The Morgan fingerprint density at radius 3 is 2.89 bits per heavy atom. The van der Waals surface area contributed by atoms with Crippen LogP contribution in [0.3, 0.4) is 0 Å². The third-order valence-corrected chi connectivity index (χ3v) is 3.95. The lowest BCUT2D eigenvalue weighted by molar-refractivity contribution is 0.331. The van der Waals surface area contributed by atoms with Crippen molar-refractivity contribution < 1.29 is 0 Å². The highest BCUT2D eigenvalue weighted by Gasteiger charge is 2.19. The molecule has 0 aliphatic carbocycles. The van der Waals surface area contributed by atoms with E-state index in [0.29, 0.717) is 5.92 Å². The van der Waals surface area contributed by atoms with Gasteiger partial charge in [0.25, 0.3) is 0 Å². The second kappa shape index (κ2) is 5.29. The highest BCUT2D eigenvalue weighted by molar-refractivity contribution is 5.71. The summed E-state index contributed by atoms with van der Waals surface area (Å²) < 4.78 is 2.34. The summed E-state index contributed by atoms with van der Waals surface area (Å²) in [5, 5.41) is 3.43. The minimum Gasteiger partial charge on any atom is -0.317 e. The molecule has 4 heteroatoms. The van der Waals surface area contributed by atoms with Gasteiger partial charge in [-0.1, -0.05) is 13.8 Å². The molecule has 2 aromatic heterocycles. The largest absolute Gasteiger partial charge is 0.317 e. The maximum atomic E-state index is 4.76. The van der Waals surface area contributed by atoms with Gasteiger partial charge in [0.1, 0.15) is 11.3 Å². The molecule has 102 valence electrons. The van der Waals surface area contributed by atoms with E-state index >= 15 is 0 Å². The highest BCUT2D eigenvalue weighted by Crippen LogP contribution is 2.23. The molecule has 0 unspecified atom stereocenters. The third-order valence-electron chi connectivity index (χ3n) is 3.95. The van der Waals surface area contributed by atoms with Gasteiger partial charge in [0.05, 0.1) is 0 Å². The normalized spacial score (nSPS) is 17.4. The van der Waals surface area contributed by atoms with Gasteiger partial charge in [-0.05, 0) is 44.0 Å². The number of pyridine rings is 1. The second-order valence-electron chi connectivity index (χ2n) is 5.77. The van der Waals surface area contributed by atoms with E-state index in [9.17, 15) is 0 Å². The average molecular weight is 258 g/mol. The van der Waals surface area contributed by atoms with E-state index in [1.54, 1.807) is 0 Å². The van der Waals surface area contributed by atoms with Crippen LogP contribution in [0.15, 0.2) is 18.3 Å². The summed E-state index contributed by atoms with van der Waals surface area (Å²) in [5.41, 5.74) is 2.07. The number of hydrogen-bond acceptors (Lipinski definition) is 3. The number of aromatic nitrogens is 3.